The first-order valence-electron chi connectivity index (χ1n) is 4.07. The van der Waals surface area contributed by atoms with E-state index in [4.69, 9.17) is 0 Å². The number of amides is 1. The highest BCUT2D eigenvalue weighted by molar-refractivity contribution is 5.72. The molecule has 0 aliphatic rings. The summed E-state index contributed by atoms with van der Waals surface area (Å²) in [5.41, 5.74) is 0. The molecule has 84 valence electrons. The fourth-order valence-corrected chi connectivity index (χ4v) is 0.691. The third kappa shape index (κ3) is 11.2. The number of ether oxygens (including phenoxy) is 1. The Labute approximate surface area is 79.8 Å². The van der Waals surface area contributed by atoms with E-state index in [1.807, 2.05) is 0 Å². The van der Waals surface area contributed by atoms with Gasteiger partial charge in [-0.1, -0.05) is 0 Å². The summed E-state index contributed by atoms with van der Waals surface area (Å²) in [5.74, 6) is -0.168. The summed E-state index contributed by atoms with van der Waals surface area (Å²) < 4.78 is 37.8. The Bertz CT molecular complexity index is 173. The van der Waals surface area contributed by atoms with Crippen molar-refractivity contribution in [1.82, 2.24) is 10.6 Å². The van der Waals surface area contributed by atoms with Gasteiger partial charge in [-0.15, -0.1) is 13.2 Å². The van der Waals surface area contributed by atoms with E-state index in [1.165, 1.54) is 6.92 Å². The summed E-state index contributed by atoms with van der Waals surface area (Å²) in [5, 5.41) is 5.16. The van der Waals surface area contributed by atoms with Crippen LogP contribution in [-0.4, -0.2) is 38.5 Å². The first-order chi connectivity index (χ1) is 6.42. The second kappa shape index (κ2) is 6.61. The van der Waals surface area contributed by atoms with Gasteiger partial charge in [-0.05, 0) is 0 Å². The fourth-order valence-electron chi connectivity index (χ4n) is 0.691. The molecule has 0 unspecified atom stereocenters. The molecule has 0 fully saturated rings. The maximum Gasteiger partial charge on any atom is 0.522 e. The average molecular weight is 214 g/mol. The van der Waals surface area contributed by atoms with Gasteiger partial charge in [0.1, 0.15) is 0 Å². The fraction of sp³-hybridized carbons (Fsp3) is 0.857. The van der Waals surface area contributed by atoms with Gasteiger partial charge in [0.2, 0.25) is 5.91 Å². The molecule has 0 saturated heterocycles. The minimum Gasteiger partial charge on any atom is -0.355 e. The zero-order valence-corrected chi connectivity index (χ0v) is 7.78. The Hall–Kier alpha value is -0.820. The molecule has 0 saturated carbocycles. The molecular formula is C7H13F3N2O2. The number of halogens is 3. The molecule has 0 aliphatic heterocycles. The molecule has 0 spiro atoms. The number of carbonyl (C=O) groups excluding carboxylic acids is 1. The Kier molecular flexibility index (Phi) is 6.22. The summed E-state index contributed by atoms with van der Waals surface area (Å²) >= 11 is 0. The number of nitrogens with one attached hydrogen (secondary N) is 2. The monoisotopic (exact) mass is 214 g/mol. The molecule has 0 heterocycles. The first-order valence-corrected chi connectivity index (χ1v) is 4.07. The third-order valence-electron chi connectivity index (χ3n) is 1.22. The number of hydrogen-bond donors (Lipinski definition) is 2. The lowest BCUT2D eigenvalue weighted by Gasteiger charge is -2.08. The van der Waals surface area contributed by atoms with Gasteiger partial charge in [-0.2, -0.15) is 0 Å². The zero-order valence-electron chi connectivity index (χ0n) is 7.78. The molecule has 0 radical (unpaired) electrons. The van der Waals surface area contributed by atoms with Crippen LogP contribution in [0, 0.1) is 0 Å². The van der Waals surface area contributed by atoms with Crippen molar-refractivity contribution in [2.75, 3.05) is 26.2 Å². The van der Waals surface area contributed by atoms with Crippen molar-refractivity contribution >= 4 is 5.91 Å². The second-order valence-electron chi connectivity index (χ2n) is 2.53. The van der Waals surface area contributed by atoms with Crippen LogP contribution in [0.4, 0.5) is 13.2 Å². The van der Waals surface area contributed by atoms with E-state index >= 15 is 0 Å². The summed E-state index contributed by atoms with van der Waals surface area (Å²) in [6.07, 6.45) is -4.57. The van der Waals surface area contributed by atoms with Crippen molar-refractivity contribution in [3.05, 3.63) is 0 Å². The van der Waals surface area contributed by atoms with Crippen LogP contribution >= 0.6 is 0 Å². The van der Waals surface area contributed by atoms with E-state index in [9.17, 15) is 18.0 Å². The van der Waals surface area contributed by atoms with Gasteiger partial charge in [0.25, 0.3) is 0 Å². The number of hydrogen-bond acceptors (Lipinski definition) is 3. The van der Waals surface area contributed by atoms with Crippen molar-refractivity contribution in [1.29, 1.82) is 0 Å². The molecule has 14 heavy (non-hydrogen) atoms. The number of carbonyl (C=O) groups is 1. The van der Waals surface area contributed by atoms with Crippen molar-refractivity contribution < 1.29 is 22.7 Å². The highest BCUT2D eigenvalue weighted by atomic mass is 19.4. The van der Waals surface area contributed by atoms with Gasteiger partial charge in [0.15, 0.2) is 0 Å². The number of rotatable bonds is 6. The lowest BCUT2D eigenvalue weighted by atomic mass is 10.5. The van der Waals surface area contributed by atoms with Gasteiger partial charge in [-0.3, -0.25) is 9.53 Å². The van der Waals surface area contributed by atoms with E-state index in [1.54, 1.807) is 0 Å². The molecule has 0 aromatic heterocycles. The molecular weight excluding hydrogens is 201 g/mol. The molecule has 0 aromatic rings. The maximum absolute atomic E-state index is 11.4. The van der Waals surface area contributed by atoms with E-state index < -0.39 is 13.0 Å². The minimum absolute atomic E-state index is 0.0963. The third-order valence-corrected chi connectivity index (χ3v) is 1.22. The molecule has 0 aliphatic carbocycles. The van der Waals surface area contributed by atoms with Gasteiger partial charge in [0, 0.05) is 26.6 Å². The highest BCUT2D eigenvalue weighted by Gasteiger charge is 2.28. The van der Waals surface area contributed by atoms with Gasteiger partial charge < -0.3 is 10.6 Å². The molecule has 0 atom stereocenters. The summed E-state index contributed by atoms with van der Waals surface area (Å²) in [7, 11) is 0. The zero-order chi connectivity index (χ0) is 11.0. The maximum atomic E-state index is 11.4. The largest absolute Gasteiger partial charge is 0.522 e. The van der Waals surface area contributed by atoms with E-state index in [0.29, 0.717) is 13.1 Å². The summed E-state index contributed by atoms with van der Waals surface area (Å²) in [4.78, 5) is 10.4. The summed E-state index contributed by atoms with van der Waals surface area (Å²) in [6.45, 7) is 1.84. The Morgan fingerprint density at radius 3 is 2.43 bits per heavy atom. The lowest BCUT2D eigenvalue weighted by Crippen LogP contribution is -2.32. The van der Waals surface area contributed by atoms with Crippen LogP contribution in [0.25, 0.3) is 0 Å². The van der Waals surface area contributed by atoms with Crippen molar-refractivity contribution in [2.24, 2.45) is 0 Å². The van der Waals surface area contributed by atoms with E-state index in [0.717, 1.165) is 0 Å². The molecule has 2 N–H and O–H groups in total. The van der Waals surface area contributed by atoms with Crippen LogP contribution < -0.4 is 10.6 Å². The molecule has 0 rings (SSSR count). The second-order valence-corrected chi connectivity index (χ2v) is 2.53. The number of alkyl halides is 3. The van der Waals surface area contributed by atoms with Crippen LogP contribution in [0.15, 0.2) is 0 Å². The van der Waals surface area contributed by atoms with Gasteiger partial charge in [0.05, 0.1) is 6.61 Å². The highest BCUT2D eigenvalue weighted by Crippen LogP contribution is 2.14. The predicted molar refractivity (Wildman–Crippen MR) is 43.6 cm³/mol. The van der Waals surface area contributed by atoms with Crippen LogP contribution in [0.5, 0.6) is 0 Å². The van der Waals surface area contributed by atoms with Gasteiger partial charge >= 0.3 is 6.36 Å². The van der Waals surface area contributed by atoms with Crippen molar-refractivity contribution in [3.63, 3.8) is 0 Å². The Morgan fingerprint density at radius 1 is 1.29 bits per heavy atom. The quantitative estimate of drug-likeness (QED) is 0.623. The van der Waals surface area contributed by atoms with Crippen LogP contribution in [0.2, 0.25) is 0 Å². The van der Waals surface area contributed by atoms with Crippen LogP contribution in [0.1, 0.15) is 6.92 Å². The topological polar surface area (TPSA) is 50.4 Å². The smallest absolute Gasteiger partial charge is 0.355 e. The normalized spacial score (nSPS) is 11.4. The minimum atomic E-state index is -4.57. The first kappa shape index (κ1) is 13.2. The molecule has 0 aromatic carbocycles. The SMILES string of the molecule is CC(=O)NCCNCCOC(F)(F)F. The lowest BCUT2D eigenvalue weighted by molar-refractivity contribution is -0.323. The molecule has 7 heteroatoms. The van der Waals surface area contributed by atoms with E-state index in [-0.39, 0.29) is 12.5 Å². The van der Waals surface area contributed by atoms with Gasteiger partial charge in [-0.25, -0.2) is 0 Å². The Morgan fingerprint density at radius 2 is 1.93 bits per heavy atom. The standard InChI is InChI=1S/C7H13F3N2O2/c1-6(13)12-3-2-11-4-5-14-7(8,9)10/h11H,2-5H2,1H3,(H,12,13). The molecule has 4 nitrogen and oxygen atoms in total. The van der Waals surface area contributed by atoms with Crippen molar-refractivity contribution in [2.45, 2.75) is 13.3 Å². The Balaban J connectivity index is 3.11. The molecule has 0 bridgehead atoms. The van der Waals surface area contributed by atoms with Crippen molar-refractivity contribution in [3.8, 4) is 0 Å². The molecule has 1 amide bonds. The van der Waals surface area contributed by atoms with Crippen LogP contribution in [-0.2, 0) is 9.53 Å². The predicted octanol–water partition coefficient (Wildman–Crippen LogP) is 0.248. The average Bonchev–Trinajstić information content (AvgIpc) is 2.00. The van der Waals surface area contributed by atoms with Crippen LogP contribution in [0.3, 0.4) is 0 Å². The van der Waals surface area contributed by atoms with E-state index in [2.05, 4.69) is 15.4 Å². The summed E-state index contributed by atoms with van der Waals surface area (Å²) in [6, 6.07) is 0.